The number of aliphatic hydroxyl groups excluding tert-OH is 1. The fourth-order valence-electron chi connectivity index (χ4n) is 4.68. The average Bonchev–Trinajstić information content (AvgIpc) is 3.20. The van der Waals surface area contributed by atoms with E-state index in [4.69, 9.17) is 5.10 Å². The van der Waals surface area contributed by atoms with Gasteiger partial charge in [-0.3, -0.25) is 9.48 Å². The van der Waals surface area contributed by atoms with Gasteiger partial charge in [-0.2, -0.15) is 18.3 Å². The molecule has 5 rings (SSSR count). The van der Waals surface area contributed by atoms with Crippen molar-refractivity contribution in [2.24, 2.45) is 5.92 Å². The molecule has 10 heteroatoms. The van der Waals surface area contributed by atoms with Crippen LogP contribution in [0.25, 0.3) is 10.9 Å². The highest BCUT2D eigenvalue weighted by atomic mass is 19.4. The highest BCUT2D eigenvalue weighted by Gasteiger charge is 2.33. The van der Waals surface area contributed by atoms with E-state index in [-0.39, 0.29) is 18.3 Å². The topological polar surface area (TPSA) is 83.3 Å². The van der Waals surface area contributed by atoms with E-state index in [1.807, 2.05) is 23.0 Å². The molecule has 1 saturated carbocycles. The predicted octanol–water partition coefficient (Wildman–Crippen LogP) is 4.64. The van der Waals surface area contributed by atoms with Crippen LogP contribution in [0.15, 0.2) is 36.5 Å². The Morgan fingerprint density at radius 1 is 1.15 bits per heavy atom. The molecule has 1 saturated heterocycles. The summed E-state index contributed by atoms with van der Waals surface area (Å²) in [6, 6.07) is 7.32. The van der Waals surface area contributed by atoms with Crippen molar-refractivity contribution in [2.75, 3.05) is 29.9 Å². The summed E-state index contributed by atoms with van der Waals surface area (Å²) in [5.74, 6) is -0.340. The quantitative estimate of drug-likeness (QED) is 0.564. The molecular formula is C24H26F3N5O2. The molecule has 0 atom stereocenters. The van der Waals surface area contributed by atoms with Gasteiger partial charge in [-0.1, -0.05) is 6.07 Å². The van der Waals surface area contributed by atoms with Crippen molar-refractivity contribution in [2.45, 2.75) is 44.3 Å². The van der Waals surface area contributed by atoms with Crippen LogP contribution in [-0.4, -0.2) is 45.5 Å². The number of nitrogens with one attached hydrogen (secondary N) is 1. The number of carbonyl (C=O) groups is 1. The lowest BCUT2D eigenvalue weighted by atomic mass is 9.87. The lowest BCUT2D eigenvalue weighted by molar-refractivity contribution is -0.141. The maximum atomic E-state index is 13.0. The molecule has 0 bridgehead atoms. The molecule has 0 radical (unpaired) electrons. The van der Waals surface area contributed by atoms with Crippen molar-refractivity contribution in [3.63, 3.8) is 0 Å². The number of nitrogens with zero attached hydrogens (tertiary/aromatic N) is 4. The second-order valence-corrected chi connectivity index (χ2v) is 9.09. The molecule has 7 nitrogen and oxygen atoms in total. The van der Waals surface area contributed by atoms with Crippen LogP contribution in [0.2, 0.25) is 0 Å². The van der Waals surface area contributed by atoms with Crippen LogP contribution in [0, 0.1) is 5.92 Å². The van der Waals surface area contributed by atoms with Gasteiger partial charge >= 0.3 is 6.18 Å². The number of aliphatic hydroxyl groups is 1. The Bertz CT molecular complexity index is 1200. The van der Waals surface area contributed by atoms with Crippen molar-refractivity contribution in [3.8, 4) is 0 Å². The molecular weight excluding hydrogens is 447 g/mol. The Morgan fingerprint density at radius 2 is 1.91 bits per heavy atom. The first-order valence-electron chi connectivity index (χ1n) is 11.6. The Balaban J connectivity index is 1.43. The number of aromatic nitrogens is 3. The van der Waals surface area contributed by atoms with E-state index in [0.717, 1.165) is 67.9 Å². The van der Waals surface area contributed by atoms with E-state index in [1.165, 1.54) is 12.1 Å². The lowest BCUT2D eigenvalue weighted by Gasteiger charge is -2.34. The van der Waals surface area contributed by atoms with E-state index >= 15 is 0 Å². The highest BCUT2D eigenvalue weighted by molar-refractivity contribution is 6.06. The number of alkyl halides is 3. The summed E-state index contributed by atoms with van der Waals surface area (Å²) in [5, 5.41) is 17.8. The summed E-state index contributed by atoms with van der Waals surface area (Å²) in [6.45, 7) is 1.89. The molecule has 3 heterocycles. The number of carbonyl (C=O) groups excluding carboxylic acids is 1. The first-order chi connectivity index (χ1) is 16.3. The minimum Gasteiger partial charge on any atom is -0.396 e. The van der Waals surface area contributed by atoms with E-state index in [9.17, 15) is 23.1 Å². The Morgan fingerprint density at radius 3 is 2.56 bits per heavy atom. The summed E-state index contributed by atoms with van der Waals surface area (Å²) in [5.41, 5.74) is 0.742. The predicted molar refractivity (Wildman–Crippen MR) is 122 cm³/mol. The third-order valence-electron chi connectivity index (χ3n) is 6.81. The molecule has 2 aliphatic rings. The normalized spacial score (nSPS) is 20.9. The molecule has 2 fully saturated rings. The van der Waals surface area contributed by atoms with E-state index < -0.39 is 17.8 Å². The van der Waals surface area contributed by atoms with Crippen LogP contribution < -0.4 is 10.2 Å². The number of anilines is 2. The number of pyridine rings is 1. The number of hydrogen-bond donors (Lipinski definition) is 2. The van der Waals surface area contributed by atoms with Gasteiger partial charge in [0.2, 0.25) is 0 Å². The minimum atomic E-state index is -4.62. The van der Waals surface area contributed by atoms with Gasteiger partial charge in [0.1, 0.15) is 11.4 Å². The smallest absolute Gasteiger partial charge is 0.396 e. The second kappa shape index (κ2) is 8.90. The SMILES string of the molecule is O=C(Nc1cc2cn([C@H]3CC[C@H](CO)CC3)nc2cc1N1CCC1)c1cccc(C(F)(F)F)n1. The molecule has 1 aliphatic heterocycles. The van der Waals surface area contributed by atoms with Gasteiger partial charge in [0.05, 0.1) is 22.9 Å². The van der Waals surface area contributed by atoms with Gasteiger partial charge in [0.25, 0.3) is 5.91 Å². The molecule has 0 unspecified atom stereocenters. The van der Waals surface area contributed by atoms with Crippen molar-refractivity contribution >= 4 is 28.2 Å². The number of hydrogen-bond acceptors (Lipinski definition) is 5. The Labute approximate surface area is 194 Å². The zero-order chi connectivity index (χ0) is 23.9. The molecule has 1 aliphatic carbocycles. The Hall–Kier alpha value is -3.14. The maximum absolute atomic E-state index is 13.0. The van der Waals surface area contributed by atoms with Gasteiger partial charge in [0, 0.05) is 31.3 Å². The minimum absolute atomic E-state index is 0.219. The maximum Gasteiger partial charge on any atom is 0.433 e. The molecule has 34 heavy (non-hydrogen) atoms. The molecule has 2 aromatic heterocycles. The van der Waals surface area contributed by atoms with Gasteiger partial charge in [-0.25, -0.2) is 4.98 Å². The van der Waals surface area contributed by atoms with E-state index in [0.29, 0.717) is 11.6 Å². The summed E-state index contributed by atoms with van der Waals surface area (Å²) in [4.78, 5) is 18.4. The molecule has 180 valence electrons. The molecule has 1 amide bonds. The second-order valence-electron chi connectivity index (χ2n) is 9.09. The Kier molecular flexibility index (Phi) is 5.93. The molecule has 0 spiro atoms. The third-order valence-corrected chi connectivity index (χ3v) is 6.81. The van der Waals surface area contributed by atoms with Crippen LogP contribution in [0.3, 0.4) is 0 Å². The van der Waals surface area contributed by atoms with Crippen LogP contribution in [-0.2, 0) is 6.18 Å². The standard InChI is InChI=1S/C24H26F3N5O2/c25-24(26,27)22-4-1-3-18(28-22)23(34)29-20-11-16-13-32(17-7-5-15(14-33)6-8-17)30-19(16)12-21(20)31-9-2-10-31/h1,3-4,11-13,15,17,33H,2,5-10,14H2,(H,29,34)/t15-,17-. The van der Waals surface area contributed by atoms with Gasteiger partial charge in [0.15, 0.2) is 0 Å². The van der Waals surface area contributed by atoms with E-state index in [2.05, 4.69) is 15.2 Å². The largest absolute Gasteiger partial charge is 0.433 e. The zero-order valence-electron chi connectivity index (χ0n) is 18.6. The van der Waals surface area contributed by atoms with Crippen molar-refractivity contribution < 1.29 is 23.1 Å². The monoisotopic (exact) mass is 473 g/mol. The van der Waals surface area contributed by atoms with E-state index in [1.54, 1.807) is 0 Å². The fraction of sp³-hybridized carbons (Fsp3) is 0.458. The number of halogens is 3. The van der Waals surface area contributed by atoms with Crippen molar-refractivity contribution in [1.29, 1.82) is 0 Å². The number of benzene rings is 1. The summed E-state index contributed by atoms with van der Waals surface area (Å²) in [6.07, 6.45) is 2.18. The zero-order valence-corrected chi connectivity index (χ0v) is 18.6. The van der Waals surface area contributed by atoms with Crippen LogP contribution in [0.4, 0.5) is 24.5 Å². The lowest BCUT2D eigenvalue weighted by Crippen LogP contribution is -2.37. The number of amides is 1. The number of fused-ring (bicyclic) bond motifs is 1. The van der Waals surface area contributed by atoms with Crippen LogP contribution in [0.5, 0.6) is 0 Å². The van der Waals surface area contributed by atoms with Crippen molar-refractivity contribution in [1.82, 2.24) is 14.8 Å². The first kappa shape index (κ1) is 22.6. The summed E-state index contributed by atoms with van der Waals surface area (Å²) >= 11 is 0. The van der Waals surface area contributed by atoms with Crippen molar-refractivity contribution in [3.05, 3.63) is 47.9 Å². The summed E-state index contributed by atoms with van der Waals surface area (Å²) in [7, 11) is 0. The van der Waals surface area contributed by atoms with Crippen LogP contribution >= 0.6 is 0 Å². The summed E-state index contributed by atoms with van der Waals surface area (Å²) < 4.78 is 41.1. The molecule has 2 N–H and O–H groups in total. The first-order valence-corrected chi connectivity index (χ1v) is 11.6. The molecule has 3 aromatic rings. The van der Waals surface area contributed by atoms with Gasteiger partial charge in [-0.15, -0.1) is 0 Å². The fourth-order valence-corrected chi connectivity index (χ4v) is 4.68. The van der Waals surface area contributed by atoms with Gasteiger partial charge in [-0.05, 0) is 62.3 Å². The molecule has 1 aromatic carbocycles. The van der Waals surface area contributed by atoms with Crippen LogP contribution in [0.1, 0.15) is 54.3 Å². The highest BCUT2D eigenvalue weighted by Crippen LogP contribution is 2.36. The average molecular weight is 473 g/mol. The number of rotatable bonds is 5. The van der Waals surface area contributed by atoms with Gasteiger partial charge < -0.3 is 15.3 Å². The third kappa shape index (κ3) is 4.46.